The maximum atomic E-state index is 13.2. The van der Waals surface area contributed by atoms with E-state index in [4.69, 9.17) is 0 Å². The van der Waals surface area contributed by atoms with Crippen LogP contribution < -0.4 is 0 Å². The number of nitrogens with zero attached hydrogens (tertiary/aromatic N) is 2. The Morgan fingerprint density at radius 3 is 1.97 bits per heavy atom. The summed E-state index contributed by atoms with van der Waals surface area (Å²) in [6.45, 7) is 1.38. The van der Waals surface area contributed by atoms with Gasteiger partial charge in [-0.25, -0.2) is 4.39 Å². The van der Waals surface area contributed by atoms with Gasteiger partial charge in [0.1, 0.15) is 5.82 Å². The number of likely N-dealkylation sites (tertiary alicyclic amines) is 1. The lowest BCUT2D eigenvalue weighted by Crippen LogP contribution is -2.53. The average Bonchev–Trinajstić information content (AvgIpc) is 3.16. The molecule has 2 aliphatic heterocycles. The minimum Gasteiger partial charge on any atom is -0.338 e. The van der Waals surface area contributed by atoms with Gasteiger partial charge in [0.15, 0.2) is 0 Å². The van der Waals surface area contributed by atoms with E-state index in [2.05, 4.69) is 0 Å². The number of thioether (sulfide) groups is 1. The summed E-state index contributed by atoms with van der Waals surface area (Å²) < 4.78 is 51.4. The third kappa shape index (κ3) is 4.28. The van der Waals surface area contributed by atoms with Gasteiger partial charge in [-0.15, -0.1) is 11.8 Å². The van der Waals surface area contributed by atoms with Crippen LogP contribution in [0.2, 0.25) is 0 Å². The smallest absolute Gasteiger partial charge is 0.338 e. The fraction of sp³-hybridized carbons (Fsp3) is 0.364. The summed E-state index contributed by atoms with van der Waals surface area (Å²) in [5, 5.41) is 0. The highest BCUT2D eigenvalue weighted by Gasteiger charge is 2.47. The largest absolute Gasteiger partial charge is 0.416 e. The Hall–Kier alpha value is -2.55. The molecule has 2 heterocycles. The van der Waals surface area contributed by atoms with Gasteiger partial charge in [-0.2, -0.15) is 13.2 Å². The van der Waals surface area contributed by atoms with Gasteiger partial charge in [-0.3, -0.25) is 9.59 Å². The second-order valence-electron chi connectivity index (χ2n) is 7.63. The van der Waals surface area contributed by atoms with E-state index in [1.165, 1.54) is 36.4 Å². The Balaban J connectivity index is 1.44. The van der Waals surface area contributed by atoms with Crippen molar-refractivity contribution >= 4 is 23.6 Å². The van der Waals surface area contributed by atoms with E-state index in [0.717, 1.165) is 17.9 Å². The lowest BCUT2D eigenvalue weighted by Gasteiger charge is -2.44. The Labute approximate surface area is 181 Å². The van der Waals surface area contributed by atoms with Crippen LogP contribution in [0.4, 0.5) is 17.6 Å². The van der Waals surface area contributed by atoms with E-state index in [1.807, 2.05) is 4.90 Å². The first-order valence-corrected chi connectivity index (χ1v) is 10.9. The van der Waals surface area contributed by atoms with Gasteiger partial charge < -0.3 is 9.80 Å². The molecule has 0 unspecified atom stereocenters. The molecule has 2 aliphatic rings. The minimum atomic E-state index is -4.45. The van der Waals surface area contributed by atoms with Crippen molar-refractivity contribution in [1.29, 1.82) is 0 Å². The van der Waals surface area contributed by atoms with Gasteiger partial charge >= 0.3 is 6.18 Å². The molecule has 1 spiro atoms. The van der Waals surface area contributed by atoms with Crippen molar-refractivity contribution in [2.24, 2.45) is 0 Å². The molecule has 164 valence electrons. The molecule has 2 saturated heterocycles. The van der Waals surface area contributed by atoms with Crippen molar-refractivity contribution < 1.29 is 27.2 Å². The standard InChI is InChI=1S/C22H20F4N2O2S/c23-18-7-3-16(4-8-18)20(30)28-13-14-31-21(28)9-11-27(12-10-21)19(29)15-1-5-17(6-2-15)22(24,25)26/h1-8H,9-14H2. The zero-order valence-electron chi connectivity index (χ0n) is 16.5. The molecule has 0 atom stereocenters. The fourth-order valence-electron chi connectivity index (χ4n) is 4.10. The molecule has 0 aromatic heterocycles. The lowest BCUT2D eigenvalue weighted by atomic mass is 10.00. The quantitative estimate of drug-likeness (QED) is 0.622. The number of hydrogen-bond acceptors (Lipinski definition) is 3. The zero-order chi connectivity index (χ0) is 22.2. The normalized spacial score (nSPS) is 18.5. The van der Waals surface area contributed by atoms with Gasteiger partial charge in [0.25, 0.3) is 11.8 Å². The van der Waals surface area contributed by atoms with Crippen molar-refractivity contribution in [1.82, 2.24) is 9.80 Å². The first-order chi connectivity index (χ1) is 14.7. The summed E-state index contributed by atoms with van der Waals surface area (Å²) in [6, 6.07) is 9.68. The van der Waals surface area contributed by atoms with E-state index < -0.39 is 22.4 Å². The number of piperidine rings is 1. The first-order valence-electron chi connectivity index (χ1n) is 9.88. The molecule has 0 N–H and O–H groups in total. The molecule has 0 aliphatic carbocycles. The van der Waals surface area contributed by atoms with Crippen LogP contribution in [0.25, 0.3) is 0 Å². The highest BCUT2D eigenvalue weighted by atomic mass is 32.2. The molecule has 2 fully saturated rings. The molecule has 0 bridgehead atoms. The van der Waals surface area contributed by atoms with Crippen LogP contribution in [0.5, 0.6) is 0 Å². The minimum absolute atomic E-state index is 0.160. The van der Waals surface area contributed by atoms with E-state index in [-0.39, 0.29) is 17.4 Å². The van der Waals surface area contributed by atoms with Crippen molar-refractivity contribution in [3.05, 3.63) is 71.0 Å². The number of amides is 2. The molecule has 31 heavy (non-hydrogen) atoms. The maximum absolute atomic E-state index is 13.2. The maximum Gasteiger partial charge on any atom is 0.416 e. The highest BCUT2D eigenvalue weighted by Crippen LogP contribution is 2.44. The first kappa shape index (κ1) is 21.7. The van der Waals surface area contributed by atoms with E-state index in [0.29, 0.717) is 38.0 Å². The molecule has 2 aromatic carbocycles. The highest BCUT2D eigenvalue weighted by molar-refractivity contribution is 8.00. The molecule has 0 saturated carbocycles. The Morgan fingerprint density at radius 2 is 1.39 bits per heavy atom. The number of carbonyl (C=O) groups is 2. The van der Waals surface area contributed by atoms with E-state index >= 15 is 0 Å². The monoisotopic (exact) mass is 452 g/mol. The van der Waals surface area contributed by atoms with Gasteiger partial charge in [0, 0.05) is 36.5 Å². The van der Waals surface area contributed by atoms with E-state index in [1.54, 1.807) is 16.7 Å². The molecule has 2 aromatic rings. The summed E-state index contributed by atoms with van der Waals surface area (Å²) in [7, 11) is 0. The second kappa shape index (κ2) is 8.18. The summed E-state index contributed by atoms with van der Waals surface area (Å²) in [6.07, 6.45) is -3.31. The van der Waals surface area contributed by atoms with Crippen LogP contribution in [0.3, 0.4) is 0 Å². The number of alkyl halides is 3. The molecular weight excluding hydrogens is 432 g/mol. The number of carbonyl (C=O) groups excluding carboxylic acids is 2. The number of hydrogen-bond donors (Lipinski definition) is 0. The molecule has 2 amide bonds. The Morgan fingerprint density at radius 1 is 0.839 bits per heavy atom. The predicted octanol–water partition coefficient (Wildman–Crippen LogP) is 4.67. The number of benzene rings is 2. The zero-order valence-corrected chi connectivity index (χ0v) is 17.3. The average molecular weight is 452 g/mol. The van der Waals surface area contributed by atoms with Gasteiger partial charge in [0.2, 0.25) is 0 Å². The summed E-state index contributed by atoms with van der Waals surface area (Å²) in [5.41, 5.74) is -0.159. The van der Waals surface area contributed by atoms with Gasteiger partial charge in [-0.1, -0.05) is 0 Å². The summed E-state index contributed by atoms with van der Waals surface area (Å²) in [5.74, 6) is -0.104. The second-order valence-corrected chi connectivity index (χ2v) is 9.08. The molecule has 4 nitrogen and oxygen atoms in total. The van der Waals surface area contributed by atoms with Crippen molar-refractivity contribution in [2.75, 3.05) is 25.4 Å². The van der Waals surface area contributed by atoms with Crippen molar-refractivity contribution in [3.63, 3.8) is 0 Å². The van der Waals surface area contributed by atoms with E-state index in [9.17, 15) is 27.2 Å². The van der Waals surface area contributed by atoms with Crippen LogP contribution in [-0.4, -0.2) is 51.9 Å². The Bertz CT molecular complexity index is 969. The molecule has 0 radical (unpaired) electrons. The lowest BCUT2D eigenvalue weighted by molar-refractivity contribution is -0.137. The number of rotatable bonds is 2. The SMILES string of the molecule is O=C(c1ccc(C(F)(F)F)cc1)N1CCC2(CC1)SCCN2C(=O)c1ccc(F)cc1. The summed E-state index contributed by atoms with van der Waals surface area (Å²) >= 11 is 1.68. The molecule has 9 heteroatoms. The topological polar surface area (TPSA) is 40.6 Å². The van der Waals surface area contributed by atoms with Crippen molar-refractivity contribution in [3.8, 4) is 0 Å². The number of halogens is 4. The molecular formula is C22H20F4N2O2S. The fourth-order valence-corrected chi connectivity index (χ4v) is 5.56. The third-order valence-electron chi connectivity index (χ3n) is 5.80. The van der Waals surface area contributed by atoms with Gasteiger partial charge in [0.05, 0.1) is 10.4 Å². The summed E-state index contributed by atoms with van der Waals surface area (Å²) in [4.78, 5) is 28.8. The van der Waals surface area contributed by atoms with Crippen LogP contribution in [0.15, 0.2) is 48.5 Å². The Kier molecular flexibility index (Phi) is 5.72. The predicted molar refractivity (Wildman–Crippen MR) is 109 cm³/mol. The third-order valence-corrected chi connectivity index (χ3v) is 7.36. The molecule has 4 rings (SSSR count). The van der Waals surface area contributed by atoms with Crippen LogP contribution >= 0.6 is 11.8 Å². The van der Waals surface area contributed by atoms with Gasteiger partial charge in [-0.05, 0) is 61.4 Å². The van der Waals surface area contributed by atoms with Crippen molar-refractivity contribution in [2.45, 2.75) is 23.9 Å². The van der Waals surface area contributed by atoms with Crippen LogP contribution in [0, 0.1) is 5.82 Å². The van der Waals surface area contributed by atoms with Crippen LogP contribution in [0.1, 0.15) is 39.1 Å². The van der Waals surface area contributed by atoms with Crippen LogP contribution in [-0.2, 0) is 6.18 Å².